The fourth-order valence-corrected chi connectivity index (χ4v) is 3.67. The normalized spacial score (nSPS) is 21.7. The van der Waals surface area contributed by atoms with Crippen LogP contribution in [0.5, 0.6) is 5.75 Å². The molecule has 0 radical (unpaired) electrons. The summed E-state index contributed by atoms with van der Waals surface area (Å²) in [6, 6.07) is 16.7. The Bertz CT molecular complexity index is 924. The minimum atomic E-state index is -1.83. The van der Waals surface area contributed by atoms with Gasteiger partial charge in [-0.15, -0.1) is 0 Å². The van der Waals surface area contributed by atoms with Crippen LogP contribution < -0.4 is 0 Å². The Labute approximate surface area is 203 Å². The second kappa shape index (κ2) is 14.8. The molecule has 5 N–H and O–H groups in total. The fourth-order valence-electron chi connectivity index (χ4n) is 3.67. The Kier molecular flexibility index (Phi) is 11.8. The monoisotopic (exact) mass is 488 g/mol. The van der Waals surface area contributed by atoms with Crippen molar-refractivity contribution in [3.05, 3.63) is 71.8 Å². The molecule has 0 aromatic heterocycles. The average molecular weight is 489 g/mol. The van der Waals surface area contributed by atoms with E-state index in [2.05, 4.69) is 12.1 Å². The number of rotatable bonds is 9. The summed E-state index contributed by atoms with van der Waals surface area (Å²) < 4.78 is 11.3. The molecular formula is C26H32O9. The molecule has 2 aromatic rings. The number of aromatic hydroxyl groups is 1. The third-order valence-corrected chi connectivity index (χ3v) is 5.40. The maximum absolute atomic E-state index is 12.2. The lowest BCUT2D eigenvalue weighted by molar-refractivity contribution is -0.170. The van der Waals surface area contributed by atoms with Gasteiger partial charge in [0.2, 0.25) is 0 Å². The number of ether oxygens (including phenoxy) is 2. The molecule has 190 valence electrons. The van der Waals surface area contributed by atoms with E-state index in [0.29, 0.717) is 19.4 Å². The van der Waals surface area contributed by atoms with Crippen LogP contribution in [0.4, 0.5) is 4.79 Å². The van der Waals surface area contributed by atoms with Crippen LogP contribution in [0.1, 0.15) is 36.8 Å². The standard InChI is InChI=1S/C25H30O6.CH2O3/c26-20-12-9-19(10-13-20)11-14-24(28)31-23-17-21(16-22(27)25(23)29)30-15-5-4-8-18-6-2-1-3-7-18;2-1(3)4/h1-3,6-7,9-14,21-23,25-27,29H,4-5,8,15-17H2;(H2,2,3,4)/b14-11+;/t21-,22-,23+,25+;/m0./s1. The van der Waals surface area contributed by atoms with Gasteiger partial charge in [-0.3, -0.25) is 0 Å². The maximum atomic E-state index is 12.2. The Morgan fingerprint density at radius 1 is 0.943 bits per heavy atom. The fraction of sp³-hybridized carbons (Fsp3) is 0.385. The molecule has 0 spiro atoms. The zero-order valence-corrected chi connectivity index (χ0v) is 19.3. The summed E-state index contributed by atoms with van der Waals surface area (Å²) in [7, 11) is 0. The highest BCUT2D eigenvalue weighted by atomic mass is 16.6. The molecular weight excluding hydrogens is 456 g/mol. The number of carbonyl (C=O) groups excluding carboxylic acids is 1. The number of aliphatic hydroxyl groups excluding tert-OH is 2. The smallest absolute Gasteiger partial charge is 0.503 e. The molecule has 1 fully saturated rings. The van der Waals surface area contributed by atoms with Crippen LogP contribution in [0.2, 0.25) is 0 Å². The molecule has 9 heteroatoms. The summed E-state index contributed by atoms with van der Waals surface area (Å²) in [5, 5.41) is 43.6. The van der Waals surface area contributed by atoms with Crippen molar-refractivity contribution in [1.29, 1.82) is 0 Å². The predicted molar refractivity (Wildman–Crippen MR) is 128 cm³/mol. The second-order valence-corrected chi connectivity index (χ2v) is 8.15. The number of aryl methyl sites for hydroxylation is 1. The van der Waals surface area contributed by atoms with Crippen molar-refractivity contribution in [2.75, 3.05) is 6.61 Å². The Balaban J connectivity index is 0.00000100. The molecule has 0 unspecified atom stereocenters. The van der Waals surface area contributed by atoms with E-state index < -0.39 is 30.4 Å². The highest BCUT2D eigenvalue weighted by Gasteiger charge is 2.38. The number of phenolic OH excluding ortho intramolecular Hbond substituents is 1. The number of carboxylic acid groups (broad SMARTS) is 2. The lowest BCUT2D eigenvalue weighted by Crippen LogP contribution is -2.48. The Hall–Kier alpha value is -3.40. The van der Waals surface area contributed by atoms with E-state index in [1.54, 1.807) is 18.2 Å². The van der Waals surface area contributed by atoms with Crippen molar-refractivity contribution < 1.29 is 44.6 Å². The first-order valence-electron chi connectivity index (χ1n) is 11.4. The Morgan fingerprint density at radius 2 is 1.60 bits per heavy atom. The van der Waals surface area contributed by atoms with Gasteiger partial charge in [0.15, 0.2) is 0 Å². The maximum Gasteiger partial charge on any atom is 0.503 e. The van der Waals surface area contributed by atoms with E-state index >= 15 is 0 Å². The molecule has 35 heavy (non-hydrogen) atoms. The molecule has 1 aliphatic carbocycles. The third-order valence-electron chi connectivity index (χ3n) is 5.40. The van der Waals surface area contributed by atoms with Gasteiger partial charge in [-0.05, 0) is 48.6 Å². The van der Waals surface area contributed by atoms with Crippen molar-refractivity contribution in [1.82, 2.24) is 0 Å². The lowest BCUT2D eigenvalue weighted by Gasteiger charge is -2.36. The molecule has 0 bridgehead atoms. The van der Waals surface area contributed by atoms with Crippen LogP contribution in [-0.2, 0) is 20.7 Å². The van der Waals surface area contributed by atoms with Gasteiger partial charge in [0.25, 0.3) is 0 Å². The van der Waals surface area contributed by atoms with E-state index in [1.807, 2.05) is 18.2 Å². The first kappa shape index (κ1) is 27.8. The van der Waals surface area contributed by atoms with Crippen LogP contribution in [0.15, 0.2) is 60.7 Å². The van der Waals surface area contributed by atoms with Crippen molar-refractivity contribution in [3.8, 4) is 5.75 Å². The first-order valence-corrected chi connectivity index (χ1v) is 11.4. The van der Waals surface area contributed by atoms with E-state index in [9.17, 15) is 20.1 Å². The van der Waals surface area contributed by atoms with E-state index in [4.69, 9.17) is 24.5 Å². The molecule has 0 amide bonds. The predicted octanol–water partition coefficient (Wildman–Crippen LogP) is 3.46. The van der Waals surface area contributed by atoms with Gasteiger partial charge >= 0.3 is 12.1 Å². The molecule has 3 rings (SSSR count). The highest BCUT2D eigenvalue weighted by molar-refractivity contribution is 5.87. The number of hydrogen-bond acceptors (Lipinski definition) is 7. The number of carbonyl (C=O) groups is 2. The number of esters is 1. The number of benzene rings is 2. The summed E-state index contributed by atoms with van der Waals surface area (Å²) >= 11 is 0. The molecule has 0 aliphatic heterocycles. The summed E-state index contributed by atoms with van der Waals surface area (Å²) in [4.78, 5) is 20.7. The largest absolute Gasteiger partial charge is 0.508 e. The van der Waals surface area contributed by atoms with Crippen LogP contribution in [-0.4, -0.2) is 68.7 Å². The quantitative estimate of drug-likeness (QED) is 0.203. The number of aliphatic hydroxyl groups is 2. The van der Waals surface area contributed by atoms with Gasteiger partial charge in [-0.1, -0.05) is 42.5 Å². The van der Waals surface area contributed by atoms with E-state index in [1.165, 1.54) is 23.8 Å². The summed E-state index contributed by atoms with van der Waals surface area (Å²) in [6.07, 6.45) is 1.31. The lowest BCUT2D eigenvalue weighted by atomic mass is 9.89. The van der Waals surface area contributed by atoms with Gasteiger partial charge < -0.3 is 35.0 Å². The van der Waals surface area contributed by atoms with E-state index in [-0.39, 0.29) is 11.9 Å². The minimum Gasteiger partial charge on any atom is -0.508 e. The van der Waals surface area contributed by atoms with Crippen LogP contribution >= 0.6 is 0 Å². The van der Waals surface area contributed by atoms with Crippen LogP contribution in [0.25, 0.3) is 6.08 Å². The second-order valence-electron chi connectivity index (χ2n) is 8.15. The molecule has 1 saturated carbocycles. The van der Waals surface area contributed by atoms with Crippen molar-refractivity contribution >= 4 is 18.2 Å². The number of phenols is 1. The minimum absolute atomic E-state index is 0.144. The van der Waals surface area contributed by atoms with Gasteiger partial charge in [0.05, 0.1) is 12.2 Å². The van der Waals surface area contributed by atoms with Crippen LogP contribution in [0.3, 0.4) is 0 Å². The van der Waals surface area contributed by atoms with Crippen LogP contribution in [0, 0.1) is 0 Å². The van der Waals surface area contributed by atoms with Crippen molar-refractivity contribution in [2.24, 2.45) is 0 Å². The zero-order chi connectivity index (χ0) is 25.6. The molecule has 2 aromatic carbocycles. The molecule has 1 aliphatic rings. The van der Waals surface area contributed by atoms with Crippen molar-refractivity contribution in [3.63, 3.8) is 0 Å². The number of hydrogen-bond donors (Lipinski definition) is 5. The van der Waals surface area contributed by atoms with Gasteiger partial charge in [-0.2, -0.15) is 0 Å². The van der Waals surface area contributed by atoms with Crippen molar-refractivity contribution in [2.45, 2.75) is 56.5 Å². The van der Waals surface area contributed by atoms with Gasteiger partial charge in [-0.25, -0.2) is 9.59 Å². The third kappa shape index (κ3) is 11.0. The molecule has 0 saturated heterocycles. The summed E-state index contributed by atoms with van der Waals surface area (Å²) in [5.74, 6) is -0.460. The molecule has 0 heterocycles. The Morgan fingerprint density at radius 3 is 2.26 bits per heavy atom. The zero-order valence-electron chi connectivity index (χ0n) is 19.3. The average Bonchev–Trinajstić information content (AvgIpc) is 2.82. The SMILES string of the molecule is O=C(/C=C/c1ccc(O)cc1)O[C@@H]1C[C@@H](OCCCCc2ccccc2)C[C@H](O)[C@H]1O.O=C(O)O. The van der Waals surface area contributed by atoms with Gasteiger partial charge in [0, 0.05) is 25.5 Å². The van der Waals surface area contributed by atoms with Gasteiger partial charge in [0.1, 0.15) is 18.0 Å². The summed E-state index contributed by atoms with van der Waals surface area (Å²) in [6.45, 7) is 0.557. The molecule has 9 nitrogen and oxygen atoms in total. The molecule has 4 atom stereocenters. The topological polar surface area (TPSA) is 154 Å². The first-order chi connectivity index (χ1) is 16.7. The van der Waals surface area contributed by atoms with E-state index in [0.717, 1.165) is 24.8 Å². The number of unbranched alkanes of at least 4 members (excludes halogenated alkanes) is 1. The highest BCUT2D eigenvalue weighted by Crippen LogP contribution is 2.25. The summed E-state index contributed by atoms with van der Waals surface area (Å²) in [5.41, 5.74) is 2.03.